The molecule has 96 valence electrons. The average molecular weight is 254 g/mol. The van der Waals surface area contributed by atoms with Crippen molar-refractivity contribution in [2.24, 2.45) is 5.92 Å². The van der Waals surface area contributed by atoms with Crippen LogP contribution in [-0.2, 0) is 4.79 Å². The minimum Gasteiger partial charge on any atom is -0.299 e. The molecule has 0 aliphatic carbocycles. The van der Waals surface area contributed by atoms with Crippen LogP contribution >= 0.6 is 0 Å². The summed E-state index contributed by atoms with van der Waals surface area (Å²) in [4.78, 5) is 23.7. The zero-order chi connectivity index (χ0) is 14.4. The Kier molecular flexibility index (Phi) is 4.97. The van der Waals surface area contributed by atoms with Crippen molar-refractivity contribution in [3.8, 4) is 12.1 Å². The molecule has 0 saturated heterocycles. The fourth-order valence-corrected chi connectivity index (χ4v) is 1.58. The van der Waals surface area contributed by atoms with Gasteiger partial charge in [-0.15, -0.1) is 0 Å². The first-order valence-corrected chi connectivity index (χ1v) is 6.03. The van der Waals surface area contributed by atoms with Crippen LogP contribution in [0.3, 0.4) is 0 Å². The number of hydrogen-bond acceptors (Lipinski definition) is 4. The van der Waals surface area contributed by atoms with E-state index in [1.165, 1.54) is 18.2 Å². The van der Waals surface area contributed by atoms with Crippen LogP contribution in [0.5, 0.6) is 0 Å². The van der Waals surface area contributed by atoms with Gasteiger partial charge < -0.3 is 0 Å². The van der Waals surface area contributed by atoms with E-state index in [-0.39, 0.29) is 40.6 Å². The molecule has 19 heavy (non-hydrogen) atoms. The van der Waals surface area contributed by atoms with Gasteiger partial charge in [0.2, 0.25) is 0 Å². The second-order valence-corrected chi connectivity index (χ2v) is 4.40. The number of benzene rings is 1. The summed E-state index contributed by atoms with van der Waals surface area (Å²) in [5, 5.41) is 17.7. The Morgan fingerprint density at radius 1 is 1.16 bits per heavy atom. The highest BCUT2D eigenvalue weighted by molar-refractivity contribution is 6.08. The quantitative estimate of drug-likeness (QED) is 0.597. The Morgan fingerprint density at radius 3 is 2.11 bits per heavy atom. The fourth-order valence-electron chi connectivity index (χ4n) is 1.58. The largest absolute Gasteiger partial charge is 0.299 e. The number of nitriles is 2. The van der Waals surface area contributed by atoms with Crippen LogP contribution in [-0.4, -0.2) is 11.6 Å². The van der Waals surface area contributed by atoms with E-state index in [1.807, 2.05) is 19.1 Å². The molecule has 1 rings (SSSR count). The maximum absolute atomic E-state index is 12.0. The number of carbonyl (C=O) groups is 2. The van der Waals surface area contributed by atoms with Crippen molar-refractivity contribution in [3.05, 3.63) is 34.9 Å². The van der Waals surface area contributed by atoms with E-state index in [2.05, 4.69) is 0 Å². The van der Waals surface area contributed by atoms with Crippen molar-refractivity contribution >= 4 is 11.6 Å². The predicted octanol–water partition coefficient (Wildman–Crippen LogP) is 2.62. The highest BCUT2D eigenvalue weighted by atomic mass is 16.1. The maximum Gasteiger partial charge on any atom is 0.170 e. The van der Waals surface area contributed by atoms with Crippen molar-refractivity contribution in [3.63, 3.8) is 0 Å². The van der Waals surface area contributed by atoms with E-state index in [0.717, 1.165) is 0 Å². The van der Waals surface area contributed by atoms with Crippen LogP contribution in [0.4, 0.5) is 0 Å². The summed E-state index contributed by atoms with van der Waals surface area (Å²) in [5.41, 5.74) is 0.740. The first-order valence-electron chi connectivity index (χ1n) is 6.03. The predicted molar refractivity (Wildman–Crippen MR) is 69.3 cm³/mol. The molecule has 1 aromatic rings. The van der Waals surface area contributed by atoms with Crippen LogP contribution in [0.1, 0.15) is 48.2 Å². The number of hydrogen-bond donors (Lipinski definition) is 0. The summed E-state index contributed by atoms with van der Waals surface area (Å²) in [6.07, 6.45) is 0.503. The highest BCUT2D eigenvalue weighted by Gasteiger charge is 2.17. The van der Waals surface area contributed by atoms with E-state index in [0.29, 0.717) is 6.42 Å². The van der Waals surface area contributed by atoms with Crippen LogP contribution in [0.2, 0.25) is 0 Å². The lowest BCUT2D eigenvalue weighted by atomic mass is 9.95. The third kappa shape index (κ3) is 3.76. The Hall–Kier alpha value is -2.46. The van der Waals surface area contributed by atoms with E-state index in [4.69, 9.17) is 10.5 Å². The van der Waals surface area contributed by atoms with E-state index >= 15 is 0 Å². The lowest BCUT2D eigenvalue weighted by Crippen LogP contribution is -2.15. The van der Waals surface area contributed by atoms with Crippen LogP contribution < -0.4 is 0 Å². The molecule has 0 fully saturated rings. The summed E-state index contributed by atoms with van der Waals surface area (Å²) in [6, 6.07) is 8.02. The highest BCUT2D eigenvalue weighted by Crippen LogP contribution is 2.14. The lowest BCUT2D eigenvalue weighted by molar-refractivity contribution is -0.121. The molecule has 4 nitrogen and oxygen atoms in total. The van der Waals surface area contributed by atoms with E-state index in [9.17, 15) is 9.59 Å². The van der Waals surface area contributed by atoms with Crippen LogP contribution in [0.15, 0.2) is 18.2 Å². The molecular weight excluding hydrogens is 240 g/mol. The molecule has 1 aromatic carbocycles. The van der Waals surface area contributed by atoms with Gasteiger partial charge >= 0.3 is 0 Å². The van der Waals surface area contributed by atoms with Gasteiger partial charge in [0.1, 0.15) is 5.78 Å². The van der Waals surface area contributed by atoms with Gasteiger partial charge in [-0.3, -0.25) is 9.59 Å². The van der Waals surface area contributed by atoms with Crippen molar-refractivity contribution in [1.82, 2.24) is 0 Å². The number of ketones is 2. The van der Waals surface area contributed by atoms with Gasteiger partial charge in [-0.25, -0.2) is 0 Å². The molecule has 4 heteroatoms. The van der Waals surface area contributed by atoms with Gasteiger partial charge in [0.25, 0.3) is 0 Å². The Morgan fingerprint density at radius 2 is 1.68 bits per heavy atom. The Balaban J connectivity index is 2.98. The van der Waals surface area contributed by atoms with Crippen molar-refractivity contribution in [2.75, 3.05) is 0 Å². The topological polar surface area (TPSA) is 81.7 Å². The molecule has 1 unspecified atom stereocenters. The number of rotatable bonds is 5. The minimum absolute atomic E-state index is 0.117. The van der Waals surface area contributed by atoms with Gasteiger partial charge in [-0.2, -0.15) is 10.5 Å². The number of nitrogens with zero attached hydrogens (tertiary/aromatic N) is 2. The first-order chi connectivity index (χ1) is 9.01. The molecule has 0 amide bonds. The second-order valence-electron chi connectivity index (χ2n) is 4.40. The fraction of sp³-hybridized carbons (Fsp3) is 0.333. The van der Waals surface area contributed by atoms with Crippen molar-refractivity contribution < 1.29 is 9.59 Å². The summed E-state index contributed by atoms with van der Waals surface area (Å²) in [6.45, 7) is 3.67. The molecule has 0 saturated carbocycles. The molecule has 0 N–H and O–H groups in total. The zero-order valence-electron chi connectivity index (χ0n) is 10.9. The third-order valence-electron chi connectivity index (χ3n) is 3.01. The Labute approximate surface area is 112 Å². The maximum atomic E-state index is 12.0. The molecule has 0 aliphatic heterocycles. The molecule has 0 bridgehead atoms. The zero-order valence-corrected chi connectivity index (χ0v) is 10.9. The molecule has 0 heterocycles. The lowest BCUT2D eigenvalue weighted by Gasteiger charge is -2.07. The van der Waals surface area contributed by atoms with Crippen molar-refractivity contribution in [2.45, 2.75) is 26.7 Å². The number of carbonyl (C=O) groups excluding carboxylic acids is 2. The standard InChI is InChI=1S/C15H14N2O2/c1-3-10(2)14(18)7-15(19)13-5-11(8-16)4-12(6-13)9-17/h4-6,10H,3,7H2,1-2H3. The molecule has 0 aromatic heterocycles. The van der Waals surface area contributed by atoms with Gasteiger partial charge in [0.05, 0.1) is 29.7 Å². The molecular formula is C15H14N2O2. The summed E-state index contributed by atoms with van der Waals surface area (Å²) in [7, 11) is 0. The van der Waals surface area contributed by atoms with Crippen molar-refractivity contribution in [1.29, 1.82) is 10.5 Å². The SMILES string of the molecule is CCC(C)C(=O)CC(=O)c1cc(C#N)cc(C#N)c1. The summed E-state index contributed by atoms with van der Waals surface area (Å²) in [5.74, 6) is -0.620. The van der Waals surface area contributed by atoms with Gasteiger partial charge in [0, 0.05) is 11.5 Å². The molecule has 0 aliphatic rings. The summed E-state index contributed by atoms with van der Waals surface area (Å²) >= 11 is 0. The average Bonchev–Trinajstić information content (AvgIpc) is 2.45. The van der Waals surface area contributed by atoms with Gasteiger partial charge in [-0.05, 0) is 24.6 Å². The molecule has 0 spiro atoms. The van der Waals surface area contributed by atoms with Crippen LogP contribution in [0, 0.1) is 28.6 Å². The van der Waals surface area contributed by atoms with Gasteiger partial charge in [-0.1, -0.05) is 13.8 Å². The monoisotopic (exact) mass is 254 g/mol. The second kappa shape index (κ2) is 6.47. The Bertz CT molecular complexity index is 559. The third-order valence-corrected chi connectivity index (χ3v) is 3.01. The normalized spacial score (nSPS) is 11.2. The molecule has 1 atom stereocenters. The smallest absolute Gasteiger partial charge is 0.170 e. The van der Waals surface area contributed by atoms with Crippen LogP contribution in [0.25, 0.3) is 0 Å². The molecule has 0 radical (unpaired) electrons. The first kappa shape index (κ1) is 14.6. The summed E-state index contributed by atoms with van der Waals surface area (Å²) < 4.78 is 0. The van der Waals surface area contributed by atoms with E-state index < -0.39 is 0 Å². The number of Topliss-reactive ketones (excluding diaryl/α,β-unsaturated/α-hetero) is 2. The van der Waals surface area contributed by atoms with Gasteiger partial charge in [0.15, 0.2) is 5.78 Å². The van der Waals surface area contributed by atoms with E-state index in [1.54, 1.807) is 6.92 Å². The minimum atomic E-state index is -0.348.